The van der Waals surface area contributed by atoms with Crippen LogP contribution in [0, 0.1) is 12.8 Å². The van der Waals surface area contributed by atoms with Gasteiger partial charge in [-0.1, -0.05) is 37.0 Å². The maximum Gasteiger partial charge on any atom is 0.258 e. The van der Waals surface area contributed by atoms with Gasteiger partial charge >= 0.3 is 0 Å². The van der Waals surface area contributed by atoms with Crippen molar-refractivity contribution in [3.05, 3.63) is 63.4 Å². The largest absolute Gasteiger partial charge is 0.493 e. The fourth-order valence-corrected chi connectivity index (χ4v) is 4.19. The van der Waals surface area contributed by atoms with Crippen molar-refractivity contribution in [2.75, 3.05) is 43.1 Å². The molecule has 1 saturated heterocycles. The Bertz CT molecular complexity index is 1190. The van der Waals surface area contributed by atoms with Crippen LogP contribution in [0.5, 0.6) is 5.75 Å². The summed E-state index contributed by atoms with van der Waals surface area (Å²) in [7, 11) is 0. The lowest BCUT2D eigenvalue weighted by molar-refractivity contribution is 0.102. The minimum Gasteiger partial charge on any atom is -0.493 e. The predicted molar refractivity (Wildman–Crippen MR) is 138 cm³/mol. The Kier molecular flexibility index (Phi) is 8.15. The highest BCUT2D eigenvalue weighted by Crippen LogP contribution is 2.27. The molecule has 1 N–H and O–H groups in total. The summed E-state index contributed by atoms with van der Waals surface area (Å²) in [5, 5.41) is 8.45. The lowest BCUT2D eigenvalue weighted by Crippen LogP contribution is -2.37. The van der Waals surface area contributed by atoms with E-state index in [-0.39, 0.29) is 5.91 Å². The average molecular weight is 518 g/mol. The number of halogens is 2. The molecule has 1 aliphatic rings. The van der Waals surface area contributed by atoms with E-state index in [1.807, 2.05) is 36.1 Å². The summed E-state index contributed by atoms with van der Waals surface area (Å²) in [5.41, 5.74) is 2.16. The Morgan fingerprint density at radius 3 is 2.69 bits per heavy atom. The second-order valence-corrected chi connectivity index (χ2v) is 9.71. The number of ether oxygens (including phenoxy) is 2. The minimum atomic E-state index is -0.332. The van der Waals surface area contributed by atoms with E-state index in [0.29, 0.717) is 72.6 Å². The van der Waals surface area contributed by atoms with Gasteiger partial charge < -0.3 is 19.7 Å². The number of carbonyl (C=O) groups excluding carboxylic acids is 1. The van der Waals surface area contributed by atoms with Gasteiger partial charge in [-0.05, 0) is 37.1 Å². The van der Waals surface area contributed by atoms with E-state index in [1.54, 1.807) is 10.7 Å². The number of morpholine rings is 1. The molecule has 0 unspecified atom stereocenters. The minimum absolute atomic E-state index is 0.332. The number of pyridine rings is 1. The Balaban J connectivity index is 1.46. The number of amides is 1. The summed E-state index contributed by atoms with van der Waals surface area (Å²) in [6.07, 6.45) is 1.53. The van der Waals surface area contributed by atoms with Gasteiger partial charge in [-0.3, -0.25) is 9.48 Å². The zero-order valence-electron chi connectivity index (χ0n) is 20.1. The predicted octanol–water partition coefficient (Wildman–Crippen LogP) is 5.07. The molecule has 4 rings (SSSR count). The van der Waals surface area contributed by atoms with Gasteiger partial charge in [0.2, 0.25) is 0 Å². The molecule has 1 aromatic carbocycles. The van der Waals surface area contributed by atoms with Gasteiger partial charge in [0.25, 0.3) is 5.91 Å². The second-order valence-electron chi connectivity index (χ2n) is 8.87. The smallest absolute Gasteiger partial charge is 0.258 e. The van der Waals surface area contributed by atoms with E-state index in [2.05, 4.69) is 29.2 Å². The number of aryl methyl sites for hydroxylation is 1. The Morgan fingerprint density at radius 1 is 1.20 bits per heavy atom. The SMILES string of the molecule is Cc1cc(NC(=O)c2cnc(N3CCOCC3)c(Cl)c2)nn1Cc1cc(Cl)ccc1OCC(C)C. The van der Waals surface area contributed by atoms with Crippen LogP contribution >= 0.6 is 23.2 Å². The number of nitrogens with zero attached hydrogens (tertiary/aromatic N) is 4. The zero-order chi connectivity index (χ0) is 24.9. The molecule has 3 heterocycles. The molecule has 0 radical (unpaired) electrons. The summed E-state index contributed by atoms with van der Waals surface area (Å²) in [6.45, 7) is 9.87. The quantitative estimate of drug-likeness (QED) is 0.449. The highest BCUT2D eigenvalue weighted by atomic mass is 35.5. The molecule has 1 amide bonds. The molecule has 10 heteroatoms. The number of benzene rings is 1. The Morgan fingerprint density at radius 2 is 1.97 bits per heavy atom. The van der Waals surface area contributed by atoms with Crippen molar-refractivity contribution in [2.24, 2.45) is 5.92 Å². The van der Waals surface area contributed by atoms with E-state index in [9.17, 15) is 4.79 Å². The van der Waals surface area contributed by atoms with Gasteiger partial charge in [0, 0.05) is 41.6 Å². The standard InChI is InChI=1S/C25H29Cl2N5O3/c1-16(2)15-35-22-5-4-20(26)11-19(22)14-32-17(3)10-23(30-32)29-25(33)18-12-21(27)24(28-13-18)31-6-8-34-9-7-31/h4-5,10-13,16H,6-9,14-15H2,1-3H3,(H,29,30,33). The fraction of sp³-hybridized carbons (Fsp3) is 0.400. The molecule has 0 atom stereocenters. The van der Waals surface area contributed by atoms with E-state index in [0.717, 1.165) is 17.0 Å². The number of hydrogen-bond acceptors (Lipinski definition) is 6. The molecule has 1 aliphatic heterocycles. The van der Waals surface area contributed by atoms with Gasteiger partial charge in [-0.2, -0.15) is 5.10 Å². The van der Waals surface area contributed by atoms with E-state index in [1.165, 1.54) is 6.20 Å². The summed E-state index contributed by atoms with van der Waals surface area (Å²) >= 11 is 12.7. The molecule has 0 aliphatic carbocycles. The first-order valence-electron chi connectivity index (χ1n) is 11.6. The van der Waals surface area contributed by atoms with Crippen molar-refractivity contribution in [2.45, 2.75) is 27.3 Å². The molecule has 0 spiro atoms. The lowest BCUT2D eigenvalue weighted by Gasteiger charge is -2.28. The number of nitrogens with one attached hydrogen (secondary N) is 1. The molecule has 186 valence electrons. The molecule has 1 fully saturated rings. The van der Waals surface area contributed by atoms with Crippen LogP contribution in [-0.2, 0) is 11.3 Å². The monoisotopic (exact) mass is 517 g/mol. The van der Waals surface area contributed by atoms with Crippen molar-refractivity contribution in [3.8, 4) is 5.75 Å². The van der Waals surface area contributed by atoms with Crippen LogP contribution < -0.4 is 15.0 Å². The third-order valence-corrected chi connectivity index (χ3v) is 6.05. The van der Waals surface area contributed by atoms with Gasteiger partial charge in [0.05, 0.1) is 37.0 Å². The van der Waals surface area contributed by atoms with Gasteiger partial charge in [0.1, 0.15) is 11.6 Å². The molecule has 0 saturated carbocycles. The van der Waals surface area contributed by atoms with E-state index >= 15 is 0 Å². The van der Waals surface area contributed by atoms with Gasteiger partial charge in [-0.15, -0.1) is 0 Å². The van der Waals surface area contributed by atoms with Crippen molar-refractivity contribution >= 4 is 40.7 Å². The highest BCUT2D eigenvalue weighted by Gasteiger charge is 2.18. The number of aromatic nitrogens is 3. The van der Waals surface area contributed by atoms with Crippen LogP contribution in [0.3, 0.4) is 0 Å². The topological polar surface area (TPSA) is 81.5 Å². The Labute approximate surface area is 215 Å². The molecule has 8 nitrogen and oxygen atoms in total. The summed E-state index contributed by atoms with van der Waals surface area (Å²) < 4.78 is 13.1. The first kappa shape index (κ1) is 25.3. The molecule has 35 heavy (non-hydrogen) atoms. The third kappa shape index (κ3) is 6.45. The molecular weight excluding hydrogens is 489 g/mol. The van der Waals surface area contributed by atoms with Gasteiger partial charge in [-0.25, -0.2) is 4.98 Å². The van der Waals surface area contributed by atoms with Crippen LogP contribution in [0.4, 0.5) is 11.6 Å². The lowest BCUT2D eigenvalue weighted by atomic mass is 10.2. The number of anilines is 2. The second kappa shape index (κ2) is 11.3. The van der Waals surface area contributed by atoms with Crippen molar-refractivity contribution in [3.63, 3.8) is 0 Å². The van der Waals surface area contributed by atoms with Crippen molar-refractivity contribution in [1.82, 2.24) is 14.8 Å². The maximum atomic E-state index is 12.9. The molecule has 3 aromatic rings. The third-order valence-electron chi connectivity index (χ3n) is 5.53. The molecule has 0 bridgehead atoms. The van der Waals surface area contributed by atoms with Crippen LogP contribution in [0.1, 0.15) is 35.5 Å². The zero-order valence-corrected chi connectivity index (χ0v) is 21.6. The number of rotatable bonds is 8. The summed E-state index contributed by atoms with van der Waals surface area (Å²) in [6, 6.07) is 9.00. The molecular formula is C25H29Cl2N5O3. The van der Waals surface area contributed by atoms with Crippen LogP contribution in [0.15, 0.2) is 36.5 Å². The summed E-state index contributed by atoms with van der Waals surface area (Å²) in [4.78, 5) is 19.3. The van der Waals surface area contributed by atoms with Crippen LogP contribution in [0.25, 0.3) is 0 Å². The molecule has 2 aromatic heterocycles. The summed E-state index contributed by atoms with van der Waals surface area (Å²) in [5.74, 6) is 1.93. The van der Waals surface area contributed by atoms with Crippen LogP contribution in [0.2, 0.25) is 10.0 Å². The van der Waals surface area contributed by atoms with Crippen molar-refractivity contribution in [1.29, 1.82) is 0 Å². The first-order valence-corrected chi connectivity index (χ1v) is 12.3. The number of carbonyl (C=O) groups is 1. The van der Waals surface area contributed by atoms with Crippen molar-refractivity contribution < 1.29 is 14.3 Å². The normalized spacial score (nSPS) is 13.8. The maximum absolute atomic E-state index is 12.9. The van der Waals surface area contributed by atoms with Crippen LogP contribution in [-0.4, -0.2) is 53.6 Å². The Hall–Kier alpha value is -2.81. The fourth-order valence-electron chi connectivity index (χ4n) is 3.71. The van der Waals surface area contributed by atoms with E-state index < -0.39 is 0 Å². The first-order chi connectivity index (χ1) is 16.8. The highest BCUT2D eigenvalue weighted by molar-refractivity contribution is 6.33. The van der Waals surface area contributed by atoms with Gasteiger partial charge in [0.15, 0.2) is 5.82 Å². The van der Waals surface area contributed by atoms with E-state index in [4.69, 9.17) is 32.7 Å². The average Bonchev–Trinajstić information content (AvgIpc) is 3.17. The number of hydrogen-bond donors (Lipinski definition) is 1.